The molecule has 2 aromatic rings. The van der Waals surface area contributed by atoms with E-state index in [2.05, 4.69) is 49.4 Å². The van der Waals surface area contributed by atoms with Crippen LogP contribution in [0.1, 0.15) is 23.0 Å². The second kappa shape index (κ2) is 9.48. The van der Waals surface area contributed by atoms with Crippen molar-refractivity contribution in [2.45, 2.75) is 19.1 Å². The van der Waals surface area contributed by atoms with Gasteiger partial charge in [-0.2, -0.15) is 0 Å². The summed E-state index contributed by atoms with van der Waals surface area (Å²) < 4.78 is 0. The largest absolute Gasteiger partial charge is 0.388 e. The minimum atomic E-state index is -0.330. The molecule has 3 heteroatoms. The molecule has 2 nitrogen and oxygen atoms in total. The highest BCUT2D eigenvalue weighted by atomic mass is 32.1. The summed E-state index contributed by atoms with van der Waals surface area (Å²) >= 11 is 1.62. The topological polar surface area (TPSA) is 23.5 Å². The molecule has 0 aliphatic heterocycles. The first-order chi connectivity index (χ1) is 9.75. The van der Waals surface area contributed by atoms with Crippen molar-refractivity contribution in [3.63, 3.8) is 0 Å². The number of hydrogen-bond donors (Lipinski definition) is 1. The summed E-state index contributed by atoms with van der Waals surface area (Å²) in [5, 5.41) is 12.0. The number of rotatable bonds is 6. The van der Waals surface area contributed by atoms with Crippen LogP contribution in [-0.4, -0.2) is 23.6 Å². The molecule has 2 rings (SSSR count). The van der Waals surface area contributed by atoms with Crippen LogP contribution in [0.2, 0.25) is 0 Å². The number of nitrogens with zero attached hydrogens (tertiary/aromatic N) is 1. The van der Waals surface area contributed by atoms with Crippen molar-refractivity contribution < 1.29 is 5.11 Å². The van der Waals surface area contributed by atoms with Crippen LogP contribution in [0.15, 0.2) is 61.0 Å². The van der Waals surface area contributed by atoms with Crippen LogP contribution in [0.3, 0.4) is 0 Å². The number of aliphatic hydroxyl groups excluding tert-OH is 1. The van der Waals surface area contributed by atoms with E-state index in [1.54, 1.807) is 11.3 Å². The van der Waals surface area contributed by atoms with Crippen molar-refractivity contribution in [2.75, 3.05) is 13.6 Å². The molecule has 0 saturated carbocycles. The molecule has 0 aliphatic rings. The summed E-state index contributed by atoms with van der Waals surface area (Å²) in [7, 11) is 2.09. The predicted octanol–water partition coefficient (Wildman–Crippen LogP) is 4.11. The van der Waals surface area contributed by atoms with Crippen LogP contribution in [-0.2, 0) is 6.54 Å². The SMILES string of the molecule is C=C.CN(CCC(O)c1cccs1)Cc1ccccc1. The molecule has 1 aromatic carbocycles. The number of aliphatic hydroxyl groups is 1. The van der Waals surface area contributed by atoms with Crippen LogP contribution in [0.4, 0.5) is 0 Å². The van der Waals surface area contributed by atoms with E-state index in [4.69, 9.17) is 0 Å². The van der Waals surface area contributed by atoms with Crippen molar-refractivity contribution in [3.8, 4) is 0 Å². The third-order valence-electron chi connectivity index (χ3n) is 2.95. The Morgan fingerprint density at radius 2 is 1.85 bits per heavy atom. The highest BCUT2D eigenvalue weighted by Crippen LogP contribution is 2.21. The van der Waals surface area contributed by atoms with Gasteiger partial charge in [0, 0.05) is 18.0 Å². The molecule has 0 fully saturated rings. The maximum Gasteiger partial charge on any atom is 0.0894 e. The number of hydrogen-bond acceptors (Lipinski definition) is 3. The lowest BCUT2D eigenvalue weighted by Gasteiger charge is -2.18. The summed E-state index contributed by atoms with van der Waals surface area (Å²) in [6.45, 7) is 7.83. The molecule has 0 amide bonds. The highest BCUT2D eigenvalue weighted by Gasteiger charge is 2.09. The van der Waals surface area contributed by atoms with Crippen LogP contribution in [0.25, 0.3) is 0 Å². The maximum atomic E-state index is 10.0. The number of benzene rings is 1. The average molecular weight is 289 g/mol. The van der Waals surface area contributed by atoms with Gasteiger partial charge in [0.05, 0.1) is 6.10 Å². The van der Waals surface area contributed by atoms with Crippen LogP contribution >= 0.6 is 11.3 Å². The highest BCUT2D eigenvalue weighted by molar-refractivity contribution is 7.10. The van der Waals surface area contributed by atoms with Gasteiger partial charge in [0.2, 0.25) is 0 Å². The first kappa shape index (κ1) is 16.6. The fourth-order valence-corrected chi connectivity index (χ4v) is 2.69. The van der Waals surface area contributed by atoms with E-state index in [9.17, 15) is 5.11 Å². The normalized spacial score (nSPS) is 11.8. The Bertz CT molecular complexity index is 455. The van der Waals surface area contributed by atoms with E-state index in [-0.39, 0.29) is 6.10 Å². The molecular weight excluding hydrogens is 266 g/mol. The molecule has 0 radical (unpaired) electrons. The first-order valence-electron chi connectivity index (χ1n) is 6.69. The zero-order chi connectivity index (χ0) is 14.8. The van der Waals surface area contributed by atoms with Gasteiger partial charge in [-0.15, -0.1) is 24.5 Å². The van der Waals surface area contributed by atoms with Crippen LogP contribution < -0.4 is 0 Å². The van der Waals surface area contributed by atoms with Crippen LogP contribution in [0, 0.1) is 0 Å². The Balaban J connectivity index is 0.000000956. The van der Waals surface area contributed by atoms with E-state index < -0.39 is 0 Å². The van der Waals surface area contributed by atoms with E-state index in [0.29, 0.717) is 0 Å². The minimum absolute atomic E-state index is 0.330. The Labute approximate surface area is 126 Å². The minimum Gasteiger partial charge on any atom is -0.388 e. The molecule has 0 spiro atoms. The van der Waals surface area contributed by atoms with Crippen molar-refractivity contribution >= 4 is 11.3 Å². The lowest BCUT2D eigenvalue weighted by atomic mass is 10.2. The summed E-state index contributed by atoms with van der Waals surface area (Å²) in [6.07, 6.45) is 0.451. The molecule has 1 aromatic heterocycles. The van der Waals surface area contributed by atoms with Gasteiger partial charge in [-0.1, -0.05) is 36.4 Å². The second-order valence-electron chi connectivity index (χ2n) is 4.54. The Kier molecular flexibility index (Phi) is 7.88. The second-order valence-corrected chi connectivity index (χ2v) is 5.52. The molecular formula is C17H23NOS. The van der Waals surface area contributed by atoms with Gasteiger partial charge in [-0.3, -0.25) is 0 Å². The zero-order valence-electron chi connectivity index (χ0n) is 12.0. The molecule has 1 heterocycles. The Morgan fingerprint density at radius 3 is 2.45 bits per heavy atom. The van der Waals surface area contributed by atoms with Gasteiger partial charge in [0.25, 0.3) is 0 Å². The summed E-state index contributed by atoms with van der Waals surface area (Å²) in [5.41, 5.74) is 1.31. The fourth-order valence-electron chi connectivity index (χ4n) is 1.94. The molecule has 0 saturated heterocycles. The third kappa shape index (κ3) is 5.70. The summed E-state index contributed by atoms with van der Waals surface area (Å²) in [4.78, 5) is 3.30. The molecule has 0 bridgehead atoms. The molecule has 1 unspecified atom stereocenters. The van der Waals surface area contributed by atoms with Gasteiger partial charge in [-0.25, -0.2) is 0 Å². The molecule has 108 valence electrons. The standard InChI is InChI=1S/C15H19NOS.C2H4/c1-16(12-13-6-3-2-4-7-13)10-9-14(17)15-8-5-11-18-15;1-2/h2-8,11,14,17H,9-10,12H2,1H3;1-2H2. The van der Waals surface area contributed by atoms with Crippen molar-refractivity contribution in [2.24, 2.45) is 0 Å². The average Bonchev–Trinajstić information content (AvgIpc) is 3.02. The molecule has 20 heavy (non-hydrogen) atoms. The van der Waals surface area contributed by atoms with Crippen molar-refractivity contribution in [3.05, 3.63) is 71.4 Å². The first-order valence-corrected chi connectivity index (χ1v) is 7.57. The molecule has 1 N–H and O–H groups in total. The predicted molar refractivity (Wildman–Crippen MR) is 87.9 cm³/mol. The smallest absolute Gasteiger partial charge is 0.0894 e. The van der Waals surface area contributed by atoms with Gasteiger partial charge in [0.15, 0.2) is 0 Å². The third-order valence-corrected chi connectivity index (χ3v) is 3.92. The Morgan fingerprint density at radius 1 is 1.15 bits per heavy atom. The van der Waals surface area contributed by atoms with Gasteiger partial charge in [0.1, 0.15) is 0 Å². The number of thiophene rings is 1. The van der Waals surface area contributed by atoms with Gasteiger partial charge >= 0.3 is 0 Å². The van der Waals surface area contributed by atoms with E-state index >= 15 is 0 Å². The van der Waals surface area contributed by atoms with Crippen molar-refractivity contribution in [1.29, 1.82) is 0 Å². The van der Waals surface area contributed by atoms with E-state index in [1.165, 1.54) is 5.56 Å². The quantitative estimate of drug-likeness (QED) is 0.809. The Hall–Kier alpha value is -1.42. The maximum absolute atomic E-state index is 10.0. The summed E-state index contributed by atoms with van der Waals surface area (Å²) in [5.74, 6) is 0. The van der Waals surface area contributed by atoms with Crippen molar-refractivity contribution in [1.82, 2.24) is 4.90 Å². The monoisotopic (exact) mass is 289 g/mol. The molecule has 0 aliphatic carbocycles. The van der Waals surface area contributed by atoms with E-state index in [0.717, 1.165) is 24.4 Å². The van der Waals surface area contributed by atoms with Gasteiger partial charge in [-0.05, 0) is 30.5 Å². The fraction of sp³-hybridized carbons (Fsp3) is 0.294. The zero-order valence-corrected chi connectivity index (χ0v) is 12.9. The lowest BCUT2D eigenvalue weighted by Crippen LogP contribution is -2.20. The van der Waals surface area contributed by atoms with Gasteiger partial charge < -0.3 is 10.0 Å². The van der Waals surface area contributed by atoms with Crippen LogP contribution in [0.5, 0.6) is 0 Å². The van der Waals surface area contributed by atoms with E-state index in [1.807, 2.05) is 23.6 Å². The lowest BCUT2D eigenvalue weighted by molar-refractivity contribution is 0.151. The summed E-state index contributed by atoms with van der Waals surface area (Å²) in [6, 6.07) is 14.4. The molecule has 1 atom stereocenters.